The van der Waals surface area contributed by atoms with E-state index in [2.05, 4.69) is 128 Å². The Kier molecular flexibility index (Phi) is 14.6. The summed E-state index contributed by atoms with van der Waals surface area (Å²) in [6.45, 7) is 23.7. The molecule has 0 saturated heterocycles. The zero-order valence-corrected chi connectivity index (χ0v) is 35.2. The normalized spacial score (nSPS) is 12.4. The topological polar surface area (TPSA) is 18.5 Å². The summed E-state index contributed by atoms with van der Waals surface area (Å²) < 4.78 is 14.2. The van der Waals surface area contributed by atoms with Gasteiger partial charge in [-0.1, -0.05) is 79.4 Å². The second-order valence-corrected chi connectivity index (χ2v) is 23.3. The predicted octanol–water partition coefficient (Wildman–Crippen LogP) is 5.55. The molecular weight excluding hydrogens is 770 g/mol. The summed E-state index contributed by atoms with van der Waals surface area (Å²) in [5.41, 5.74) is 2.70. The molecule has 0 spiro atoms. The van der Waals surface area contributed by atoms with Gasteiger partial charge in [-0.3, -0.25) is 0 Å². The van der Waals surface area contributed by atoms with Gasteiger partial charge in [0, 0.05) is 11.5 Å². The van der Waals surface area contributed by atoms with Crippen LogP contribution in [0.2, 0.25) is 36.3 Å². The molecule has 0 aromatic heterocycles. The number of halogens is 2. The first-order valence-electron chi connectivity index (χ1n) is 15.5. The van der Waals surface area contributed by atoms with Gasteiger partial charge in [0.25, 0.3) is 0 Å². The molecule has 4 aromatic rings. The molecule has 0 N–H and O–H groups in total. The van der Waals surface area contributed by atoms with Gasteiger partial charge in [0.15, 0.2) is 0 Å². The molecule has 0 bridgehead atoms. The average Bonchev–Trinajstić information content (AvgIpc) is 3.38. The van der Waals surface area contributed by atoms with Gasteiger partial charge in [-0.05, 0) is 49.1 Å². The van der Waals surface area contributed by atoms with Gasteiger partial charge in [0.2, 0.25) is 16.6 Å². The van der Waals surface area contributed by atoms with Crippen LogP contribution in [-0.4, -0.2) is 16.6 Å². The molecule has 0 amide bonds. The number of hydrogen-bond acceptors (Lipinski definition) is 2. The molecule has 0 aliphatic carbocycles. The molecule has 234 valence electrons. The van der Waals surface area contributed by atoms with E-state index in [-0.39, 0.29) is 60.7 Å². The summed E-state index contributed by atoms with van der Waals surface area (Å²) in [5, 5.41) is 5.62. The van der Waals surface area contributed by atoms with Crippen LogP contribution in [0.3, 0.4) is 0 Å². The Morgan fingerprint density at radius 3 is 1.26 bits per heavy atom. The van der Waals surface area contributed by atoms with Crippen molar-refractivity contribution in [2.24, 2.45) is 0 Å². The van der Waals surface area contributed by atoms with Gasteiger partial charge in [-0.15, -0.1) is 81.2 Å². The van der Waals surface area contributed by atoms with Crippen LogP contribution in [0.5, 0.6) is 11.5 Å². The van der Waals surface area contributed by atoms with Crippen LogP contribution >= 0.6 is 0 Å². The molecule has 0 aliphatic rings. The molecule has 0 heterocycles. The van der Waals surface area contributed by atoms with E-state index in [1.165, 1.54) is 58.4 Å². The number of benzene rings is 2. The SMILES string of the molecule is CCCC(C)(C)[Si](C)(C)Oc1[cH-]c2ccccc2c1CCc1c(O[Si](C)(C)C(C)(C)CCC)[cH-]c2ccccc12.[Cl-].[Cl-].[Hf+4]. The summed E-state index contributed by atoms with van der Waals surface area (Å²) in [4.78, 5) is 0. The minimum Gasteiger partial charge on any atom is -1.00 e. The van der Waals surface area contributed by atoms with Crippen LogP contribution in [0.25, 0.3) is 21.5 Å². The van der Waals surface area contributed by atoms with Crippen LogP contribution < -0.4 is 33.7 Å². The number of rotatable bonds is 13. The number of hydrogen-bond donors (Lipinski definition) is 0. The first kappa shape index (κ1) is 40.2. The third kappa shape index (κ3) is 8.50. The molecule has 0 atom stereocenters. The number of fused-ring (bicyclic) bond motifs is 2. The van der Waals surface area contributed by atoms with Gasteiger partial charge >= 0.3 is 25.8 Å². The zero-order valence-electron chi connectivity index (χ0n) is 28.1. The Morgan fingerprint density at radius 1 is 0.605 bits per heavy atom. The molecule has 0 fully saturated rings. The van der Waals surface area contributed by atoms with Crippen molar-refractivity contribution in [3.8, 4) is 11.5 Å². The third-order valence-corrected chi connectivity index (χ3v) is 18.6. The Balaban J connectivity index is 0.00000308. The van der Waals surface area contributed by atoms with Gasteiger partial charge < -0.3 is 33.7 Å². The van der Waals surface area contributed by atoms with Crippen molar-refractivity contribution < 1.29 is 59.5 Å². The Morgan fingerprint density at radius 2 is 0.930 bits per heavy atom. The van der Waals surface area contributed by atoms with E-state index < -0.39 is 16.6 Å². The first-order chi connectivity index (χ1) is 18.7. The molecule has 7 heteroatoms. The standard InChI is InChI=1S/C36H52O2Si2.2ClH.Hf/c1-11-23-35(3,4)39(7,8)37-33-25-27-17-13-15-19-29(27)31(33)21-22-32-30-20-16-14-18-28(30)26-34(32)38-40(9,10)36(5,6)24-12-2;;;/h13-20,25-26H,11-12,21-24H2,1-10H3;2*1H;/q-2;;;+4/p-2. The quantitative estimate of drug-likeness (QED) is 0.130. The molecule has 4 rings (SSSR count). The minimum absolute atomic E-state index is 0. The van der Waals surface area contributed by atoms with Crippen LogP contribution in [0, 0.1) is 0 Å². The van der Waals surface area contributed by atoms with Crippen molar-refractivity contribution in [2.45, 2.75) is 116 Å². The fourth-order valence-corrected chi connectivity index (χ4v) is 9.86. The van der Waals surface area contributed by atoms with Crippen LogP contribution in [0.15, 0.2) is 60.7 Å². The van der Waals surface area contributed by atoms with Crippen LogP contribution in [0.1, 0.15) is 78.4 Å². The summed E-state index contributed by atoms with van der Waals surface area (Å²) in [5.74, 6) is 2.19. The van der Waals surface area contributed by atoms with E-state index >= 15 is 0 Å². The smallest absolute Gasteiger partial charge is 1.00 e. The summed E-state index contributed by atoms with van der Waals surface area (Å²) in [6, 6.07) is 22.2. The number of aryl methyl sites for hydroxylation is 2. The largest absolute Gasteiger partial charge is 4.00 e. The maximum absolute atomic E-state index is 7.09. The Hall–Kier alpha value is -0.856. The maximum atomic E-state index is 7.09. The van der Waals surface area contributed by atoms with Crippen LogP contribution in [0.4, 0.5) is 0 Å². The summed E-state index contributed by atoms with van der Waals surface area (Å²) >= 11 is 0. The van der Waals surface area contributed by atoms with Crippen molar-refractivity contribution >= 4 is 38.2 Å². The predicted molar refractivity (Wildman–Crippen MR) is 181 cm³/mol. The van der Waals surface area contributed by atoms with E-state index in [1.807, 2.05) is 0 Å². The van der Waals surface area contributed by atoms with E-state index in [1.54, 1.807) is 0 Å². The van der Waals surface area contributed by atoms with Crippen molar-refractivity contribution in [1.29, 1.82) is 0 Å². The Labute approximate surface area is 295 Å². The van der Waals surface area contributed by atoms with Gasteiger partial charge in [-0.2, -0.15) is 0 Å². The first-order valence-corrected chi connectivity index (χ1v) is 21.3. The second kappa shape index (κ2) is 15.6. The molecule has 0 radical (unpaired) electrons. The minimum atomic E-state index is -2.02. The van der Waals surface area contributed by atoms with Crippen molar-refractivity contribution in [3.63, 3.8) is 0 Å². The molecule has 43 heavy (non-hydrogen) atoms. The summed E-state index contributed by atoms with van der Waals surface area (Å²) in [7, 11) is -4.03. The fraction of sp³-hybridized carbons (Fsp3) is 0.500. The van der Waals surface area contributed by atoms with Gasteiger partial charge in [0.05, 0.1) is 0 Å². The van der Waals surface area contributed by atoms with E-state index in [0.717, 1.165) is 24.3 Å². The average molecular weight is 822 g/mol. The molecular formula is C36H52Cl2HfO2Si2. The molecule has 0 unspecified atom stereocenters. The monoisotopic (exact) mass is 822 g/mol. The molecule has 0 aliphatic heterocycles. The maximum Gasteiger partial charge on any atom is 4.00 e. The van der Waals surface area contributed by atoms with Gasteiger partial charge in [-0.25, -0.2) is 0 Å². The van der Waals surface area contributed by atoms with Crippen molar-refractivity contribution in [1.82, 2.24) is 0 Å². The third-order valence-electron chi connectivity index (χ3n) is 10.1. The second-order valence-electron chi connectivity index (χ2n) is 14.1. The van der Waals surface area contributed by atoms with E-state index in [9.17, 15) is 0 Å². The van der Waals surface area contributed by atoms with Crippen LogP contribution in [-0.2, 0) is 38.7 Å². The van der Waals surface area contributed by atoms with E-state index in [0.29, 0.717) is 0 Å². The molecule has 2 nitrogen and oxygen atoms in total. The zero-order chi connectivity index (χ0) is 29.3. The van der Waals surface area contributed by atoms with Crippen molar-refractivity contribution in [2.75, 3.05) is 0 Å². The summed E-state index contributed by atoms with van der Waals surface area (Å²) in [6.07, 6.45) is 6.62. The fourth-order valence-electron chi connectivity index (χ4n) is 6.14. The Bertz CT molecular complexity index is 1340. The molecule has 0 saturated carbocycles. The van der Waals surface area contributed by atoms with Crippen molar-refractivity contribution in [3.05, 3.63) is 71.8 Å². The van der Waals surface area contributed by atoms with Gasteiger partial charge in [0.1, 0.15) is 0 Å². The van der Waals surface area contributed by atoms with E-state index in [4.69, 9.17) is 8.85 Å². The molecule has 4 aromatic carbocycles.